The van der Waals surface area contributed by atoms with Gasteiger partial charge in [-0.2, -0.15) is 0 Å². The van der Waals surface area contributed by atoms with E-state index in [4.69, 9.17) is 4.74 Å². The van der Waals surface area contributed by atoms with Gasteiger partial charge in [0.2, 0.25) is 0 Å². The molecule has 0 spiro atoms. The number of hydrogen-bond donors (Lipinski definition) is 1. The van der Waals surface area contributed by atoms with Crippen LogP contribution in [0.3, 0.4) is 0 Å². The number of rotatable bonds is 5. The average Bonchev–Trinajstić information content (AvgIpc) is 2.47. The number of nitrogens with zero attached hydrogens (tertiary/aromatic N) is 2. The van der Waals surface area contributed by atoms with Gasteiger partial charge in [0.1, 0.15) is 5.75 Å². The Kier molecular flexibility index (Phi) is 5.40. The fourth-order valence-electron chi connectivity index (χ4n) is 2.91. The minimum absolute atomic E-state index is 0.453. The molecule has 2 rings (SSSR count). The molecule has 1 saturated heterocycles. The Hall–Kier alpha value is -1.10. The topological polar surface area (TPSA) is 35.9 Å². The number of aliphatic hydroxyl groups excluding tert-OH is 1. The van der Waals surface area contributed by atoms with Gasteiger partial charge in [-0.3, -0.25) is 9.80 Å². The highest BCUT2D eigenvalue weighted by molar-refractivity contribution is 5.29. The van der Waals surface area contributed by atoms with Crippen molar-refractivity contribution >= 4 is 0 Å². The summed E-state index contributed by atoms with van der Waals surface area (Å²) < 4.78 is 5.21. The lowest BCUT2D eigenvalue weighted by Crippen LogP contribution is -2.52. The number of benzene rings is 1. The van der Waals surface area contributed by atoms with Gasteiger partial charge in [-0.05, 0) is 31.2 Å². The van der Waals surface area contributed by atoms with Gasteiger partial charge in [0.25, 0.3) is 0 Å². The van der Waals surface area contributed by atoms with Crippen LogP contribution in [0.1, 0.15) is 25.5 Å². The van der Waals surface area contributed by atoms with E-state index in [1.807, 2.05) is 24.3 Å². The van der Waals surface area contributed by atoms with Crippen LogP contribution in [-0.2, 0) is 0 Å². The first-order valence-corrected chi connectivity index (χ1v) is 7.42. The summed E-state index contributed by atoms with van der Waals surface area (Å²) in [6.07, 6.45) is -0.453. The molecule has 1 aliphatic heterocycles. The molecule has 1 aromatic carbocycles. The molecule has 0 aliphatic carbocycles. The molecule has 0 bridgehead atoms. The van der Waals surface area contributed by atoms with E-state index in [-0.39, 0.29) is 0 Å². The molecule has 1 heterocycles. The molecule has 1 aromatic rings. The van der Waals surface area contributed by atoms with Crippen LogP contribution in [0.15, 0.2) is 24.3 Å². The van der Waals surface area contributed by atoms with Crippen molar-refractivity contribution in [3.05, 3.63) is 29.8 Å². The molecular formula is C16H26N2O2. The number of likely N-dealkylation sites (N-methyl/N-ethyl adjacent to an activating group) is 1. The fourth-order valence-corrected chi connectivity index (χ4v) is 2.91. The number of ether oxygens (including phenoxy) is 1. The monoisotopic (exact) mass is 278 g/mol. The maximum Gasteiger partial charge on any atom is 0.119 e. The highest BCUT2D eigenvalue weighted by Gasteiger charge is 2.24. The Morgan fingerprint density at radius 1 is 1.40 bits per heavy atom. The third-order valence-electron chi connectivity index (χ3n) is 4.17. The summed E-state index contributed by atoms with van der Waals surface area (Å²) in [7, 11) is 1.65. The van der Waals surface area contributed by atoms with Gasteiger partial charge in [-0.15, -0.1) is 0 Å². The summed E-state index contributed by atoms with van der Waals surface area (Å²) in [5, 5.41) is 10.4. The largest absolute Gasteiger partial charge is 0.497 e. The normalized spacial score (nSPS) is 22.7. The molecule has 2 unspecified atom stereocenters. The van der Waals surface area contributed by atoms with Crippen molar-refractivity contribution in [2.45, 2.75) is 26.0 Å². The number of methoxy groups -OCH3 is 1. The first kappa shape index (κ1) is 15.3. The first-order valence-electron chi connectivity index (χ1n) is 7.42. The van der Waals surface area contributed by atoms with Crippen LogP contribution in [0.5, 0.6) is 5.75 Å². The van der Waals surface area contributed by atoms with E-state index in [1.165, 1.54) is 0 Å². The Balaban J connectivity index is 1.92. The summed E-state index contributed by atoms with van der Waals surface area (Å²) >= 11 is 0. The van der Waals surface area contributed by atoms with Crippen molar-refractivity contribution in [2.24, 2.45) is 0 Å². The van der Waals surface area contributed by atoms with Gasteiger partial charge in [0, 0.05) is 32.2 Å². The number of aliphatic hydroxyl groups is 1. The summed E-state index contributed by atoms with van der Waals surface area (Å²) in [6.45, 7) is 9.39. The summed E-state index contributed by atoms with van der Waals surface area (Å²) in [6, 6.07) is 8.26. The molecule has 1 aliphatic rings. The Morgan fingerprint density at radius 2 is 2.20 bits per heavy atom. The lowest BCUT2D eigenvalue weighted by Gasteiger charge is -2.40. The number of β-amino-alcohol motifs (C(OH)–C–C–N with tert-alkyl or cyclic N) is 1. The fraction of sp³-hybridized carbons (Fsp3) is 0.625. The van der Waals surface area contributed by atoms with Gasteiger partial charge in [0.15, 0.2) is 0 Å². The quantitative estimate of drug-likeness (QED) is 0.890. The van der Waals surface area contributed by atoms with Crippen molar-refractivity contribution in [2.75, 3.05) is 39.8 Å². The average molecular weight is 278 g/mol. The highest BCUT2D eigenvalue weighted by atomic mass is 16.5. The van der Waals surface area contributed by atoms with Gasteiger partial charge in [-0.1, -0.05) is 19.1 Å². The minimum Gasteiger partial charge on any atom is -0.497 e. The van der Waals surface area contributed by atoms with Crippen LogP contribution < -0.4 is 4.74 Å². The SMILES string of the molecule is CCN1CCN(CC(O)c2cccc(OC)c2)CC1C. The molecule has 0 radical (unpaired) electrons. The molecule has 112 valence electrons. The molecule has 20 heavy (non-hydrogen) atoms. The van der Waals surface area contributed by atoms with Crippen molar-refractivity contribution in [3.63, 3.8) is 0 Å². The smallest absolute Gasteiger partial charge is 0.119 e. The van der Waals surface area contributed by atoms with Crippen molar-refractivity contribution in [1.82, 2.24) is 9.80 Å². The van der Waals surface area contributed by atoms with Crippen molar-refractivity contribution in [3.8, 4) is 5.75 Å². The van der Waals surface area contributed by atoms with Crippen molar-refractivity contribution in [1.29, 1.82) is 0 Å². The van der Waals surface area contributed by atoms with Crippen LogP contribution in [-0.4, -0.2) is 60.8 Å². The highest BCUT2D eigenvalue weighted by Crippen LogP contribution is 2.21. The van der Waals surface area contributed by atoms with E-state index < -0.39 is 6.10 Å². The van der Waals surface area contributed by atoms with Gasteiger partial charge in [0.05, 0.1) is 13.2 Å². The van der Waals surface area contributed by atoms with E-state index in [9.17, 15) is 5.11 Å². The van der Waals surface area contributed by atoms with Crippen LogP contribution in [0, 0.1) is 0 Å². The standard InChI is InChI=1S/C16H26N2O2/c1-4-18-9-8-17(11-13(18)2)12-16(19)14-6-5-7-15(10-14)20-3/h5-7,10,13,16,19H,4,8-9,11-12H2,1-3H3. The molecular weight excluding hydrogens is 252 g/mol. The molecule has 1 N–H and O–H groups in total. The van der Waals surface area contributed by atoms with Crippen LogP contribution in [0.2, 0.25) is 0 Å². The van der Waals surface area contributed by atoms with Crippen LogP contribution >= 0.6 is 0 Å². The third-order valence-corrected chi connectivity index (χ3v) is 4.17. The van der Waals surface area contributed by atoms with E-state index in [1.54, 1.807) is 7.11 Å². The molecule has 2 atom stereocenters. The maximum absolute atomic E-state index is 10.4. The second kappa shape index (κ2) is 7.07. The zero-order valence-electron chi connectivity index (χ0n) is 12.7. The van der Waals surface area contributed by atoms with Crippen LogP contribution in [0.4, 0.5) is 0 Å². The Labute approximate surface area is 122 Å². The minimum atomic E-state index is -0.453. The summed E-state index contributed by atoms with van der Waals surface area (Å²) in [4.78, 5) is 4.83. The number of piperazine rings is 1. The predicted octanol–water partition coefficient (Wildman–Crippen LogP) is 1.75. The molecule has 4 heteroatoms. The first-order chi connectivity index (χ1) is 9.63. The lowest BCUT2D eigenvalue weighted by molar-refractivity contribution is 0.0478. The van der Waals surface area contributed by atoms with Crippen molar-refractivity contribution < 1.29 is 9.84 Å². The summed E-state index contributed by atoms with van der Waals surface area (Å²) in [5.41, 5.74) is 0.926. The Morgan fingerprint density at radius 3 is 2.85 bits per heavy atom. The third kappa shape index (κ3) is 3.72. The second-order valence-corrected chi connectivity index (χ2v) is 5.53. The predicted molar refractivity (Wildman–Crippen MR) is 81.1 cm³/mol. The van der Waals surface area contributed by atoms with Gasteiger partial charge in [-0.25, -0.2) is 0 Å². The van der Waals surface area contributed by atoms with E-state index in [0.29, 0.717) is 12.6 Å². The molecule has 0 amide bonds. The number of hydrogen-bond acceptors (Lipinski definition) is 4. The van der Waals surface area contributed by atoms with Gasteiger partial charge >= 0.3 is 0 Å². The summed E-state index contributed by atoms with van der Waals surface area (Å²) in [5.74, 6) is 0.797. The Bertz CT molecular complexity index is 425. The zero-order chi connectivity index (χ0) is 14.5. The molecule has 1 fully saturated rings. The van der Waals surface area contributed by atoms with E-state index in [2.05, 4.69) is 23.6 Å². The van der Waals surface area contributed by atoms with E-state index in [0.717, 1.165) is 37.5 Å². The zero-order valence-corrected chi connectivity index (χ0v) is 12.7. The lowest BCUT2D eigenvalue weighted by atomic mass is 10.1. The molecule has 4 nitrogen and oxygen atoms in total. The molecule has 0 saturated carbocycles. The molecule has 0 aromatic heterocycles. The second-order valence-electron chi connectivity index (χ2n) is 5.53. The van der Waals surface area contributed by atoms with Crippen LogP contribution in [0.25, 0.3) is 0 Å². The van der Waals surface area contributed by atoms with E-state index >= 15 is 0 Å². The van der Waals surface area contributed by atoms with Gasteiger partial charge < -0.3 is 9.84 Å². The maximum atomic E-state index is 10.4.